The van der Waals surface area contributed by atoms with E-state index < -0.39 is 7.25 Å². The van der Waals surface area contributed by atoms with Crippen LogP contribution in [0.1, 0.15) is 92.9 Å². The molecule has 191 valence electrons. The van der Waals surface area contributed by atoms with Crippen molar-refractivity contribution in [1.82, 2.24) is 0 Å². The molecule has 1 aliphatic carbocycles. The molecule has 2 heterocycles. The van der Waals surface area contributed by atoms with Crippen molar-refractivity contribution < 1.29 is 36.7 Å². The molecule has 2 unspecified atom stereocenters. The SMILES string of the molecule is CC(C)(C)P1CCC[C@@H]1[C@H]1CCCP1C(C)(C)C.F[B-](F)(F)F.[CH]1[CH]CC[CH][CH]CC1.[Rh]. The molecule has 3 rings (SSSR count). The van der Waals surface area contributed by atoms with Gasteiger partial charge in [0.15, 0.2) is 0 Å². The van der Waals surface area contributed by atoms with Crippen LogP contribution in [0.2, 0.25) is 0 Å². The molecular weight excluding hydrogens is 540 g/mol. The molecule has 4 atom stereocenters. The van der Waals surface area contributed by atoms with Gasteiger partial charge in [-0.3, -0.25) is 0 Å². The minimum absolute atomic E-state index is 0. The molecule has 0 spiro atoms. The van der Waals surface area contributed by atoms with Crippen molar-refractivity contribution in [3.63, 3.8) is 0 Å². The van der Waals surface area contributed by atoms with Gasteiger partial charge in [-0.15, -0.1) is 0 Å². The van der Waals surface area contributed by atoms with E-state index in [4.69, 9.17) is 0 Å². The van der Waals surface area contributed by atoms with Gasteiger partial charge in [0.25, 0.3) is 0 Å². The van der Waals surface area contributed by atoms with Gasteiger partial charge < -0.3 is 17.3 Å². The van der Waals surface area contributed by atoms with Crippen molar-refractivity contribution in [2.45, 2.75) is 115 Å². The van der Waals surface area contributed by atoms with Gasteiger partial charge in [-0.05, 0) is 111 Å². The molecule has 3 fully saturated rings. The average Bonchev–Trinajstić information content (AvgIpc) is 3.21. The number of rotatable bonds is 1. The summed E-state index contributed by atoms with van der Waals surface area (Å²) >= 11 is 0. The molecule has 8 heteroatoms. The van der Waals surface area contributed by atoms with Crippen LogP contribution in [-0.2, 0) is 19.5 Å². The minimum atomic E-state index is -6.00. The Morgan fingerprint density at radius 1 is 0.625 bits per heavy atom. The Labute approximate surface area is 212 Å². The fourth-order valence-electron chi connectivity index (χ4n) is 4.91. The summed E-state index contributed by atoms with van der Waals surface area (Å²) < 4.78 is 39.0. The molecule has 0 nitrogen and oxygen atoms in total. The third-order valence-corrected chi connectivity index (χ3v) is 14.2. The van der Waals surface area contributed by atoms with E-state index in [1.807, 2.05) is 0 Å². The van der Waals surface area contributed by atoms with Crippen molar-refractivity contribution >= 4 is 23.1 Å². The summed E-state index contributed by atoms with van der Waals surface area (Å²) in [6, 6.07) is 0. The third-order valence-electron chi connectivity index (χ3n) is 6.10. The van der Waals surface area contributed by atoms with Crippen molar-refractivity contribution in [2.75, 3.05) is 12.3 Å². The smallest absolute Gasteiger partial charge is 0.418 e. The van der Waals surface area contributed by atoms with Gasteiger partial charge in [0.1, 0.15) is 0 Å². The van der Waals surface area contributed by atoms with E-state index in [0.29, 0.717) is 10.3 Å². The van der Waals surface area contributed by atoms with Crippen LogP contribution in [0.15, 0.2) is 0 Å². The quantitative estimate of drug-likeness (QED) is 0.164. The molecule has 32 heavy (non-hydrogen) atoms. The van der Waals surface area contributed by atoms with E-state index in [9.17, 15) is 17.3 Å². The second-order valence-electron chi connectivity index (χ2n) is 10.7. The van der Waals surface area contributed by atoms with Crippen molar-refractivity contribution in [2.24, 2.45) is 0 Å². The van der Waals surface area contributed by atoms with Gasteiger partial charge >= 0.3 is 7.25 Å². The summed E-state index contributed by atoms with van der Waals surface area (Å²) in [4.78, 5) is 0. The maximum atomic E-state index is 9.75. The van der Waals surface area contributed by atoms with Gasteiger partial charge in [-0.25, -0.2) is 0 Å². The van der Waals surface area contributed by atoms with Crippen molar-refractivity contribution in [3.05, 3.63) is 25.7 Å². The van der Waals surface area contributed by atoms with Crippen LogP contribution in [0, 0.1) is 25.7 Å². The molecule has 0 N–H and O–H groups in total. The van der Waals surface area contributed by atoms with Gasteiger partial charge in [0.2, 0.25) is 0 Å². The number of hydrogen-bond donors (Lipinski definition) is 0. The summed E-state index contributed by atoms with van der Waals surface area (Å²) in [7, 11) is -5.44. The van der Waals surface area contributed by atoms with E-state index >= 15 is 0 Å². The Bertz CT molecular complexity index is 432. The van der Waals surface area contributed by atoms with Crippen LogP contribution in [-0.4, -0.2) is 41.2 Å². The van der Waals surface area contributed by atoms with Crippen LogP contribution >= 0.6 is 15.8 Å². The number of halogens is 4. The van der Waals surface area contributed by atoms with E-state index in [1.54, 1.807) is 25.2 Å². The molecule has 5 radical (unpaired) electrons. The summed E-state index contributed by atoms with van der Waals surface area (Å²) in [6.45, 7) is 15.0. The fraction of sp³-hybridized carbons (Fsp3) is 0.833. The molecule has 0 aromatic carbocycles. The van der Waals surface area contributed by atoms with E-state index in [2.05, 4.69) is 67.2 Å². The predicted molar refractivity (Wildman–Crippen MR) is 135 cm³/mol. The fourth-order valence-corrected chi connectivity index (χ4v) is 13.0. The Morgan fingerprint density at radius 3 is 1.09 bits per heavy atom. The van der Waals surface area contributed by atoms with E-state index in [1.165, 1.54) is 38.5 Å². The average molecular weight is 584 g/mol. The van der Waals surface area contributed by atoms with Crippen molar-refractivity contribution in [3.8, 4) is 0 Å². The Balaban J connectivity index is 0.000000570. The zero-order valence-corrected chi connectivity index (χ0v) is 24.3. The molecule has 2 aliphatic heterocycles. The van der Waals surface area contributed by atoms with E-state index in [0.717, 1.165) is 11.3 Å². The molecule has 3 aliphatic rings. The summed E-state index contributed by atoms with van der Waals surface area (Å²) in [5.41, 5.74) is 2.24. The molecule has 1 saturated carbocycles. The zero-order chi connectivity index (χ0) is 23.7. The van der Waals surface area contributed by atoms with Crippen LogP contribution in [0.4, 0.5) is 17.3 Å². The molecule has 0 aromatic rings. The van der Waals surface area contributed by atoms with Gasteiger partial charge in [-0.2, -0.15) is 0 Å². The molecule has 2 saturated heterocycles. The van der Waals surface area contributed by atoms with Gasteiger partial charge in [0, 0.05) is 19.5 Å². The molecule has 0 amide bonds. The second kappa shape index (κ2) is 15.4. The van der Waals surface area contributed by atoms with E-state index in [-0.39, 0.29) is 35.3 Å². The minimum Gasteiger partial charge on any atom is -0.418 e. The molecule has 0 aromatic heterocycles. The zero-order valence-electron chi connectivity index (χ0n) is 20.9. The normalized spacial score (nSPS) is 29.4. The predicted octanol–water partition coefficient (Wildman–Crippen LogP) is 9.55. The second-order valence-corrected chi connectivity index (χ2v) is 17.5. The Morgan fingerprint density at radius 2 is 0.875 bits per heavy atom. The third kappa shape index (κ3) is 14.0. The standard InChI is InChI=1S/C16H32P2.C8H12.BF4.Rh/c1-15(2,3)17-11-7-9-13(17)14-10-8-12-18(14)16(4,5)6;1-2-4-6-8-7-5-3-1;2-1(3,4)5;/h13-14H,7-12H2,1-6H3;1-2,7-8H,3-6H2;;/q;;-1;/t13-,14-,17?,18?;;;/m1.../s1. The first-order chi connectivity index (χ1) is 14.2. The first-order valence-corrected chi connectivity index (χ1v) is 15.1. The molecule has 0 bridgehead atoms. The topological polar surface area (TPSA) is 0 Å². The Hall–Kier alpha value is 1.27. The summed E-state index contributed by atoms with van der Waals surface area (Å²) in [6.07, 6.45) is 23.3. The monoisotopic (exact) mass is 584 g/mol. The summed E-state index contributed by atoms with van der Waals surface area (Å²) in [5.74, 6) is 0. The van der Waals surface area contributed by atoms with Crippen LogP contribution in [0.5, 0.6) is 0 Å². The first-order valence-electron chi connectivity index (χ1n) is 11.9. The van der Waals surface area contributed by atoms with Crippen LogP contribution in [0.25, 0.3) is 0 Å². The maximum Gasteiger partial charge on any atom is 0.673 e. The van der Waals surface area contributed by atoms with Crippen molar-refractivity contribution in [1.29, 1.82) is 0 Å². The maximum absolute atomic E-state index is 9.75. The van der Waals surface area contributed by atoms with Crippen LogP contribution in [0.3, 0.4) is 0 Å². The van der Waals surface area contributed by atoms with Gasteiger partial charge in [0.05, 0.1) is 0 Å². The Kier molecular flexibility index (Phi) is 16.0. The largest absolute Gasteiger partial charge is 0.673 e. The molecular formula is C24H44BF4P2Rh-. The number of hydrogen-bond acceptors (Lipinski definition) is 0. The van der Waals surface area contributed by atoms with Crippen LogP contribution < -0.4 is 0 Å². The first kappa shape index (κ1) is 33.3. The van der Waals surface area contributed by atoms with Gasteiger partial charge in [-0.1, -0.05) is 57.4 Å². The summed E-state index contributed by atoms with van der Waals surface area (Å²) in [5, 5.41) is 1.19.